The molecular formula is C10H8BrClFN5. The van der Waals surface area contributed by atoms with E-state index in [1.807, 2.05) is 0 Å². The van der Waals surface area contributed by atoms with Crippen molar-refractivity contribution >= 4 is 45.0 Å². The molecule has 0 atom stereocenters. The summed E-state index contributed by atoms with van der Waals surface area (Å²) in [6, 6.07) is 4.58. The molecule has 0 unspecified atom stereocenters. The number of rotatable bonds is 3. The van der Waals surface area contributed by atoms with Gasteiger partial charge in [0.2, 0.25) is 5.95 Å². The Morgan fingerprint density at radius 1 is 1.39 bits per heavy atom. The number of anilines is 3. The van der Waals surface area contributed by atoms with Gasteiger partial charge in [-0.15, -0.1) is 0 Å². The van der Waals surface area contributed by atoms with Crippen LogP contribution in [-0.2, 0) is 0 Å². The predicted octanol–water partition coefficient (Wildman–Crippen LogP) is 3.06. The Balaban J connectivity index is 2.30. The monoisotopic (exact) mass is 331 g/mol. The number of nitrogens with two attached hydrogens (primary N) is 1. The van der Waals surface area contributed by atoms with Gasteiger partial charge in [-0.05, 0) is 34.1 Å². The van der Waals surface area contributed by atoms with Gasteiger partial charge in [-0.3, -0.25) is 5.43 Å². The van der Waals surface area contributed by atoms with Crippen LogP contribution in [-0.4, -0.2) is 9.97 Å². The Bertz CT molecular complexity index is 580. The number of hydrogen-bond donors (Lipinski definition) is 3. The molecule has 0 radical (unpaired) electrons. The lowest BCUT2D eigenvalue weighted by Gasteiger charge is -2.09. The third-order valence-electron chi connectivity index (χ3n) is 2.06. The van der Waals surface area contributed by atoms with E-state index in [2.05, 4.69) is 36.6 Å². The van der Waals surface area contributed by atoms with Crippen LogP contribution in [0.25, 0.3) is 0 Å². The Kier molecular flexibility index (Phi) is 3.95. The van der Waals surface area contributed by atoms with Crippen LogP contribution in [0.15, 0.2) is 28.9 Å². The van der Waals surface area contributed by atoms with E-state index < -0.39 is 0 Å². The number of benzene rings is 1. The highest BCUT2D eigenvalue weighted by Crippen LogP contribution is 2.25. The molecule has 94 valence electrons. The van der Waals surface area contributed by atoms with Crippen LogP contribution in [0.5, 0.6) is 0 Å². The minimum absolute atomic E-state index is 0.208. The molecule has 5 nitrogen and oxygen atoms in total. The van der Waals surface area contributed by atoms with E-state index in [9.17, 15) is 4.39 Å². The van der Waals surface area contributed by atoms with E-state index in [-0.39, 0.29) is 11.8 Å². The quantitative estimate of drug-likeness (QED) is 0.595. The molecule has 0 fully saturated rings. The van der Waals surface area contributed by atoms with E-state index in [0.717, 1.165) is 0 Å². The number of hydrogen-bond acceptors (Lipinski definition) is 5. The summed E-state index contributed by atoms with van der Waals surface area (Å²) in [6.45, 7) is 0. The molecule has 18 heavy (non-hydrogen) atoms. The van der Waals surface area contributed by atoms with Gasteiger partial charge in [-0.1, -0.05) is 11.6 Å². The molecule has 8 heteroatoms. The second-order valence-electron chi connectivity index (χ2n) is 3.29. The van der Waals surface area contributed by atoms with Crippen LogP contribution >= 0.6 is 27.5 Å². The lowest BCUT2D eigenvalue weighted by Crippen LogP contribution is -2.11. The Hall–Kier alpha value is -1.44. The molecule has 0 bridgehead atoms. The van der Waals surface area contributed by atoms with Gasteiger partial charge in [0.05, 0.1) is 10.7 Å². The number of nitrogens with zero attached hydrogens (tertiary/aromatic N) is 2. The zero-order chi connectivity index (χ0) is 13.1. The smallest absolute Gasteiger partial charge is 0.239 e. The molecule has 0 spiro atoms. The van der Waals surface area contributed by atoms with Crippen molar-refractivity contribution in [2.45, 2.75) is 0 Å². The minimum Gasteiger partial charge on any atom is -0.339 e. The highest BCUT2D eigenvalue weighted by Gasteiger charge is 2.07. The highest BCUT2D eigenvalue weighted by molar-refractivity contribution is 9.10. The number of nitrogen functional groups attached to an aromatic ring is 1. The Labute approximate surface area is 116 Å². The summed E-state index contributed by atoms with van der Waals surface area (Å²) in [7, 11) is 0. The summed E-state index contributed by atoms with van der Waals surface area (Å²) in [4.78, 5) is 7.84. The highest BCUT2D eigenvalue weighted by atomic mass is 79.9. The number of hydrazine groups is 1. The first kappa shape index (κ1) is 13.0. The molecule has 0 aliphatic carbocycles. The van der Waals surface area contributed by atoms with Crippen molar-refractivity contribution in [3.05, 3.63) is 39.7 Å². The van der Waals surface area contributed by atoms with Gasteiger partial charge in [0, 0.05) is 5.69 Å². The van der Waals surface area contributed by atoms with Gasteiger partial charge < -0.3 is 5.32 Å². The fourth-order valence-corrected chi connectivity index (χ4v) is 1.62. The largest absolute Gasteiger partial charge is 0.339 e. The van der Waals surface area contributed by atoms with E-state index >= 15 is 0 Å². The summed E-state index contributed by atoms with van der Waals surface area (Å²) in [5.74, 6) is 5.35. The van der Waals surface area contributed by atoms with Crippen molar-refractivity contribution in [1.29, 1.82) is 0 Å². The molecule has 1 heterocycles. The maximum atomic E-state index is 13.3. The summed E-state index contributed by atoms with van der Waals surface area (Å²) < 4.78 is 13.7. The molecule has 1 aromatic heterocycles. The van der Waals surface area contributed by atoms with Crippen LogP contribution < -0.4 is 16.6 Å². The molecule has 1 aromatic carbocycles. The van der Waals surface area contributed by atoms with Crippen molar-refractivity contribution in [2.24, 2.45) is 5.84 Å². The van der Waals surface area contributed by atoms with Gasteiger partial charge in [0.1, 0.15) is 10.8 Å². The lowest BCUT2D eigenvalue weighted by atomic mass is 10.3. The summed E-state index contributed by atoms with van der Waals surface area (Å²) in [5, 5.41) is 3.18. The molecule has 2 rings (SSSR count). The maximum absolute atomic E-state index is 13.3. The van der Waals surface area contributed by atoms with Gasteiger partial charge in [-0.2, -0.15) is 4.98 Å². The van der Waals surface area contributed by atoms with E-state index in [1.54, 1.807) is 12.1 Å². The lowest BCUT2D eigenvalue weighted by molar-refractivity contribution is 0.622. The summed E-state index contributed by atoms with van der Waals surface area (Å²) in [6.07, 6.45) is 1.39. The average Bonchev–Trinajstić information content (AvgIpc) is 2.36. The van der Waals surface area contributed by atoms with E-state index in [1.165, 1.54) is 12.3 Å². The topological polar surface area (TPSA) is 75.9 Å². The molecule has 0 aliphatic heterocycles. The maximum Gasteiger partial charge on any atom is 0.239 e. The molecule has 2 aromatic rings. The zero-order valence-electron chi connectivity index (χ0n) is 8.92. The summed E-state index contributed by atoms with van der Waals surface area (Å²) >= 11 is 8.99. The Morgan fingerprint density at radius 2 is 2.17 bits per heavy atom. The molecular weight excluding hydrogens is 324 g/mol. The third-order valence-corrected chi connectivity index (χ3v) is 2.98. The van der Waals surface area contributed by atoms with Gasteiger partial charge in [0.15, 0.2) is 5.82 Å². The van der Waals surface area contributed by atoms with Crippen LogP contribution in [0.2, 0.25) is 5.02 Å². The molecule has 0 saturated carbocycles. The fraction of sp³-hybridized carbons (Fsp3) is 0. The van der Waals surface area contributed by atoms with Crippen molar-refractivity contribution in [3.63, 3.8) is 0 Å². The van der Waals surface area contributed by atoms with Crippen LogP contribution in [0.4, 0.5) is 21.8 Å². The number of nitrogens with one attached hydrogen (secondary N) is 2. The van der Waals surface area contributed by atoms with Crippen molar-refractivity contribution in [3.8, 4) is 0 Å². The van der Waals surface area contributed by atoms with Crippen LogP contribution in [0.1, 0.15) is 0 Å². The minimum atomic E-state index is -0.387. The third kappa shape index (κ3) is 2.87. The molecule has 0 saturated heterocycles. The van der Waals surface area contributed by atoms with E-state index in [0.29, 0.717) is 21.0 Å². The van der Waals surface area contributed by atoms with Gasteiger partial charge >= 0.3 is 0 Å². The molecule has 0 aliphatic rings. The van der Waals surface area contributed by atoms with Gasteiger partial charge in [-0.25, -0.2) is 15.2 Å². The fourth-order valence-electron chi connectivity index (χ4n) is 1.23. The molecule has 0 amide bonds. The van der Waals surface area contributed by atoms with Crippen molar-refractivity contribution in [1.82, 2.24) is 9.97 Å². The van der Waals surface area contributed by atoms with Crippen LogP contribution in [0.3, 0.4) is 0 Å². The van der Waals surface area contributed by atoms with Crippen molar-refractivity contribution < 1.29 is 4.39 Å². The second kappa shape index (κ2) is 5.47. The second-order valence-corrected chi connectivity index (χ2v) is 4.55. The first-order valence-corrected chi connectivity index (χ1v) is 5.98. The molecule has 4 N–H and O–H groups in total. The standard InChI is InChI=1S/C10H8BrClFN5/c11-6-2-1-5(3-8(6)13)16-9-7(12)4-15-10(17-9)18-14/h1-4H,14H2,(H2,15,16,17,18). The normalized spacial score (nSPS) is 10.2. The van der Waals surface area contributed by atoms with Gasteiger partial charge in [0.25, 0.3) is 0 Å². The van der Waals surface area contributed by atoms with Crippen LogP contribution in [0, 0.1) is 5.82 Å². The Morgan fingerprint density at radius 3 is 2.83 bits per heavy atom. The first-order chi connectivity index (χ1) is 8.60. The number of aromatic nitrogens is 2. The SMILES string of the molecule is NNc1ncc(Cl)c(Nc2ccc(Br)c(F)c2)n1. The number of halogens is 3. The summed E-state index contributed by atoms with van der Waals surface area (Å²) in [5.41, 5.74) is 2.81. The predicted molar refractivity (Wildman–Crippen MR) is 72.2 cm³/mol. The first-order valence-electron chi connectivity index (χ1n) is 4.81. The van der Waals surface area contributed by atoms with E-state index in [4.69, 9.17) is 17.4 Å². The zero-order valence-corrected chi connectivity index (χ0v) is 11.3. The van der Waals surface area contributed by atoms with Crippen molar-refractivity contribution in [2.75, 3.05) is 10.7 Å². The average molecular weight is 333 g/mol.